The standard InChI is InChI=1S/C11H11BrN2O2/c1-6(11(15)16)4-7-2-3-9-8(5-7)10(12)14-13-9/h2-3,5-6H,4H2,1H3,(H,13,14)(H,15,16). The first-order valence-corrected chi connectivity index (χ1v) is 5.72. The number of rotatable bonds is 3. The largest absolute Gasteiger partial charge is 0.481 e. The van der Waals surface area contributed by atoms with Crippen molar-refractivity contribution in [1.29, 1.82) is 0 Å². The van der Waals surface area contributed by atoms with Crippen molar-refractivity contribution in [2.24, 2.45) is 5.92 Å². The fourth-order valence-electron chi connectivity index (χ4n) is 1.59. The van der Waals surface area contributed by atoms with Crippen molar-refractivity contribution in [3.8, 4) is 0 Å². The summed E-state index contributed by atoms with van der Waals surface area (Å²) >= 11 is 3.36. The molecule has 0 saturated heterocycles. The average Bonchev–Trinajstić information content (AvgIpc) is 2.60. The lowest BCUT2D eigenvalue weighted by molar-refractivity contribution is -0.141. The monoisotopic (exact) mass is 282 g/mol. The highest BCUT2D eigenvalue weighted by molar-refractivity contribution is 9.10. The number of hydrogen-bond acceptors (Lipinski definition) is 2. The fraction of sp³-hybridized carbons (Fsp3) is 0.273. The SMILES string of the molecule is CC(Cc1ccc2n[nH]c(Br)c2c1)C(=O)O. The van der Waals surface area contributed by atoms with Crippen molar-refractivity contribution in [2.45, 2.75) is 13.3 Å². The van der Waals surface area contributed by atoms with Crippen molar-refractivity contribution in [2.75, 3.05) is 0 Å². The number of hydrogen-bond donors (Lipinski definition) is 2. The topological polar surface area (TPSA) is 66.0 Å². The molecule has 0 saturated carbocycles. The zero-order valence-corrected chi connectivity index (χ0v) is 10.3. The summed E-state index contributed by atoms with van der Waals surface area (Å²) in [7, 11) is 0. The molecule has 1 aromatic heterocycles. The van der Waals surface area contributed by atoms with E-state index in [1.807, 2.05) is 18.2 Å². The van der Waals surface area contributed by atoms with E-state index in [2.05, 4.69) is 26.1 Å². The number of nitrogens with one attached hydrogen (secondary N) is 1. The summed E-state index contributed by atoms with van der Waals surface area (Å²) in [6, 6.07) is 5.76. The van der Waals surface area contributed by atoms with Crippen LogP contribution in [0.15, 0.2) is 22.8 Å². The van der Waals surface area contributed by atoms with E-state index >= 15 is 0 Å². The minimum absolute atomic E-state index is 0.372. The minimum Gasteiger partial charge on any atom is -0.481 e. The number of aromatic nitrogens is 2. The summed E-state index contributed by atoms with van der Waals surface area (Å²) in [5.41, 5.74) is 1.88. The molecule has 0 bridgehead atoms. The lowest BCUT2D eigenvalue weighted by atomic mass is 10.0. The van der Waals surface area contributed by atoms with Crippen LogP contribution in [0, 0.1) is 5.92 Å². The molecule has 5 heteroatoms. The Morgan fingerprint density at radius 3 is 3.06 bits per heavy atom. The third-order valence-corrected chi connectivity index (χ3v) is 3.14. The molecule has 0 aliphatic heterocycles. The molecule has 16 heavy (non-hydrogen) atoms. The maximum Gasteiger partial charge on any atom is 0.306 e. The predicted molar refractivity (Wildman–Crippen MR) is 64.3 cm³/mol. The molecule has 1 atom stereocenters. The van der Waals surface area contributed by atoms with Gasteiger partial charge in [-0.2, -0.15) is 5.10 Å². The second-order valence-corrected chi connectivity index (χ2v) is 4.63. The van der Waals surface area contributed by atoms with E-state index in [1.165, 1.54) is 0 Å². The molecule has 2 aromatic rings. The lowest BCUT2D eigenvalue weighted by Crippen LogP contribution is -2.12. The van der Waals surface area contributed by atoms with Gasteiger partial charge in [-0.05, 0) is 40.0 Å². The Morgan fingerprint density at radius 2 is 2.38 bits per heavy atom. The van der Waals surface area contributed by atoms with Crippen molar-refractivity contribution in [3.05, 3.63) is 28.4 Å². The van der Waals surface area contributed by atoms with Crippen LogP contribution in [0.4, 0.5) is 0 Å². The molecule has 1 aromatic carbocycles. The highest BCUT2D eigenvalue weighted by atomic mass is 79.9. The minimum atomic E-state index is -0.772. The molecule has 0 radical (unpaired) electrons. The summed E-state index contributed by atoms with van der Waals surface area (Å²) in [6.07, 6.45) is 0.531. The third kappa shape index (κ3) is 2.09. The van der Waals surface area contributed by atoms with Gasteiger partial charge in [-0.25, -0.2) is 0 Å². The molecule has 1 unspecified atom stereocenters. The maximum absolute atomic E-state index is 10.8. The summed E-state index contributed by atoms with van der Waals surface area (Å²) in [5.74, 6) is -1.14. The molecule has 0 amide bonds. The van der Waals surface area contributed by atoms with Crippen LogP contribution in [0.2, 0.25) is 0 Å². The average molecular weight is 283 g/mol. The number of benzene rings is 1. The zero-order valence-electron chi connectivity index (χ0n) is 8.70. The molecule has 0 aliphatic rings. The van der Waals surface area contributed by atoms with Gasteiger partial charge in [0.1, 0.15) is 4.60 Å². The van der Waals surface area contributed by atoms with Gasteiger partial charge in [-0.1, -0.05) is 13.0 Å². The number of carboxylic acid groups (broad SMARTS) is 1. The van der Waals surface area contributed by atoms with Gasteiger partial charge in [0.2, 0.25) is 0 Å². The van der Waals surface area contributed by atoms with Crippen LogP contribution >= 0.6 is 15.9 Å². The molecule has 2 rings (SSSR count). The normalized spacial score (nSPS) is 12.9. The number of carbonyl (C=O) groups is 1. The van der Waals surface area contributed by atoms with Gasteiger partial charge in [0.05, 0.1) is 11.4 Å². The van der Waals surface area contributed by atoms with Crippen LogP contribution in [0.5, 0.6) is 0 Å². The van der Waals surface area contributed by atoms with Crippen LogP contribution in [-0.2, 0) is 11.2 Å². The summed E-state index contributed by atoms with van der Waals surface area (Å²) in [6.45, 7) is 1.71. The lowest BCUT2D eigenvalue weighted by Gasteiger charge is -2.05. The number of carboxylic acids is 1. The summed E-state index contributed by atoms with van der Waals surface area (Å²) < 4.78 is 0.826. The van der Waals surface area contributed by atoms with E-state index < -0.39 is 5.97 Å². The van der Waals surface area contributed by atoms with E-state index in [4.69, 9.17) is 5.11 Å². The molecule has 0 fully saturated rings. The van der Waals surface area contributed by atoms with Gasteiger partial charge in [0, 0.05) is 5.39 Å². The quantitative estimate of drug-likeness (QED) is 0.909. The Morgan fingerprint density at radius 1 is 1.62 bits per heavy atom. The number of aliphatic carboxylic acids is 1. The first-order chi connectivity index (χ1) is 7.58. The molecule has 4 nitrogen and oxygen atoms in total. The molecular weight excluding hydrogens is 272 g/mol. The van der Waals surface area contributed by atoms with Gasteiger partial charge in [-0.3, -0.25) is 9.89 Å². The van der Waals surface area contributed by atoms with Gasteiger partial charge in [0.25, 0.3) is 0 Å². The molecule has 84 valence electrons. The van der Waals surface area contributed by atoms with Gasteiger partial charge in [0.15, 0.2) is 0 Å². The fourth-order valence-corrected chi connectivity index (χ4v) is 2.00. The second kappa shape index (κ2) is 4.25. The Kier molecular flexibility index (Phi) is 2.96. The van der Waals surface area contributed by atoms with Crippen molar-refractivity contribution in [3.63, 3.8) is 0 Å². The molecule has 2 N–H and O–H groups in total. The first-order valence-electron chi connectivity index (χ1n) is 4.93. The smallest absolute Gasteiger partial charge is 0.306 e. The highest BCUT2D eigenvalue weighted by Gasteiger charge is 2.12. The van der Waals surface area contributed by atoms with Gasteiger partial charge < -0.3 is 5.11 Å². The number of fused-ring (bicyclic) bond motifs is 1. The summed E-state index contributed by atoms with van der Waals surface area (Å²) in [4.78, 5) is 10.8. The van der Waals surface area contributed by atoms with E-state index in [9.17, 15) is 4.79 Å². The van der Waals surface area contributed by atoms with Crippen LogP contribution < -0.4 is 0 Å². The van der Waals surface area contributed by atoms with Crippen LogP contribution in [-0.4, -0.2) is 21.3 Å². The van der Waals surface area contributed by atoms with E-state index in [0.717, 1.165) is 21.1 Å². The van der Waals surface area contributed by atoms with Crippen molar-refractivity contribution in [1.82, 2.24) is 10.2 Å². The number of H-pyrrole nitrogens is 1. The summed E-state index contributed by atoms with van der Waals surface area (Å²) in [5, 5.41) is 16.7. The van der Waals surface area contributed by atoms with Gasteiger partial charge >= 0.3 is 5.97 Å². The molecular formula is C11H11BrN2O2. The zero-order chi connectivity index (χ0) is 11.7. The van der Waals surface area contributed by atoms with E-state index in [-0.39, 0.29) is 5.92 Å². The van der Waals surface area contributed by atoms with Crippen molar-refractivity contribution >= 4 is 32.8 Å². The second-order valence-electron chi connectivity index (χ2n) is 3.83. The van der Waals surface area contributed by atoms with E-state index in [0.29, 0.717) is 6.42 Å². The van der Waals surface area contributed by atoms with Crippen LogP contribution in [0.25, 0.3) is 10.9 Å². The maximum atomic E-state index is 10.8. The number of halogens is 1. The van der Waals surface area contributed by atoms with E-state index in [1.54, 1.807) is 6.92 Å². The van der Waals surface area contributed by atoms with Crippen molar-refractivity contribution < 1.29 is 9.90 Å². The van der Waals surface area contributed by atoms with Crippen LogP contribution in [0.1, 0.15) is 12.5 Å². The third-order valence-electron chi connectivity index (χ3n) is 2.54. The Bertz CT molecular complexity index is 536. The van der Waals surface area contributed by atoms with Crippen LogP contribution in [0.3, 0.4) is 0 Å². The molecule has 0 aliphatic carbocycles. The first kappa shape index (κ1) is 11.1. The van der Waals surface area contributed by atoms with Gasteiger partial charge in [-0.15, -0.1) is 0 Å². The number of aromatic amines is 1. The Hall–Kier alpha value is -1.36. The predicted octanol–water partition coefficient (Wildman–Crippen LogP) is 2.59. The molecule has 1 heterocycles. The highest BCUT2D eigenvalue weighted by Crippen LogP contribution is 2.23. The Balaban J connectivity index is 2.32. The Labute approximate surface area is 101 Å². The molecule has 0 spiro atoms. The number of nitrogens with zero attached hydrogens (tertiary/aromatic N) is 1.